The fourth-order valence-corrected chi connectivity index (χ4v) is 6.84. The normalized spacial score (nSPS) is 11.4. The molecule has 0 saturated heterocycles. The van der Waals surface area contributed by atoms with Crippen molar-refractivity contribution in [1.82, 2.24) is 0 Å². The van der Waals surface area contributed by atoms with Crippen molar-refractivity contribution >= 4 is 45.8 Å². The van der Waals surface area contributed by atoms with E-state index in [1.54, 1.807) is 12.2 Å². The molecule has 270 valence electrons. The lowest BCUT2D eigenvalue weighted by molar-refractivity contribution is 1.28. The molecular weight excluding hydrogens is 677 g/mol. The Balaban J connectivity index is 1.18. The predicted molar refractivity (Wildman–Crippen MR) is 243 cm³/mol. The van der Waals surface area contributed by atoms with E-state index in [1.165, 1.54) is 0 Å². The third-order valence-electron chi connectivity index (χ3n) is 9.60. The van der Waals surface area contributed by atoms with Gasteiger partial charge in [-0.1, -0.05) is 184 Å². The summed E-state index contributed by atoms with van der Waals surface area (Å²) in [5.41, 5.74) is 14.4. The smallest absolute Gasteiger partial charge is 0.0540 e. The minimum absolute atomic E-state index is 1.04. The third kappa shape index (κ3) is 8.52. The summed E-state index contributed by atoms with van der Waals surface area (Å²) < 4.78 is 0. The first-order valence-corrected chi connectivity index (χ1v) is 18.8. The highest BCUT2D eigenvalue weighted by atomic mass is 15.1. The molecule has 0 atom stereocenters. The molecule has 2 heteroatoms. The summed E-state index contributed by atoms with van der Waals surface area (Å²) in [5, 5.41) is 0. The van der Waals surface area contributed by atoms with Gasteiger partial charge in [-0.3, -0.25) is 0 Å². The van der Waals surface area contributed by atoms with Crippen molar-refractivity contribution in [1.29, 1.82) is 0 Å². The van der Waals surface area contributed by atoms with Crippen LogP contribution in [0.15, 0.2) is 244 Å². The number of nitrogens with zero attached hydrogens (tertiary/aromatic N) is 2. The predicted octanol–water partition coefficient (Wildman–Crippen LogP) is 15.5. The highest BCUT2D eigenvalue weighted by molar-refractivity contribution is 5.89. The average Bonchev–Trinajstić information content (AvgIpc) is 3.27. The molecular formula is C54H44N2. The van der Waals surface area contributed by atoms with Gasteiger partial charge in [0.05, 0.1) is 5.69 Å². The molecule has 0 aliphatic heterocycles. The van der Waals surface area contributed by atoms with Crippen molar-refractivity contribution in [2.75, 3.05) is 9.80 Å². The van der Waals surface area contributed by atoms with Gasteiger partial charge in [-0.2, -0.15) is 0 Å². The largest absolute Gasteiger partial charge is 0.311 e. The molecule has 0 fully saturated rings. The number of anilines is 6. The minimum atomic E-state index is 1.04. The lowest BCUT2D eigenvalue weighted by Crippen LogP contribution is -2.11. The maximum Gasteiger partial charge on any atom is 0.0540 e. The summed E-state index contributed by atoms with van der Waals surface area (Å²) in [6.07, 6.45) is 15.4. The SMILES string of the molecule is C=C/C=C\C=C\c1ccc(N(c2ccccc2)c2ccc(-c3ccc(-c4ccccc4N(c4ccccc4)c4ccc(/C(C=C)=C/C=C)cc4)cc3)cc2)cc1. The molecule has 56 heavy (non-hydrogen) atoms. The molecule has 0 N–H and O–H groups in total. The Kier molecular flexibility index (Phi) is 11.9. The van der Waals surface area contributed by atoms with Crippen LogP contribution in [-0.2, 0) is 0 Å². The van der Waals surface area contributed by atoms with Gasteiger partial charge in [0.15, 0.2) is 0 Å². The summed E-state index contributed by atoms with van der Waals surface area (Å²) in [5.74, 6) is 0. The highest BCUT2D eigenvalue weighted by Gasteiger charge is 2.18. The summed E-state index contributed by atoms with van der Waals surface area (Å²) in [6.45, 7) is 11.6. The van der Waals surface area contributed by atoms with Crippen molar-refractivity contribution in [3.8, 4) is 22.3 Å². The Morgan fingerprint density at radius 1 is 0.393 bits per heavy atom. The molecule has 7 aromatic rings. The lowest BCUT2D eigenvalue weighted by atomic mass is 9.98. The summed E-state index contributed by atoms with van der Waals surface area (Å²) in [7, 11) is 0. The summed E-state index contributed by atoms with van der Waals surface area (Å²) in [6, 6.07) is 64.6. The first-order valence-electron chi connectivity index (χ1n) is 18.8. The fraction of sp³-hybridized carbons (Fsp3) is 0. The van der Waals surface area contributed by atoms with Crippen LogP contribution in [0.1, 0.15) is 11.1 Å². The highest BCUT2D eigenvalue weighted by Crippen LogP contribution is 2.42. The van der Waals surface area contributed by atoms with Crippen LogP contribution in [0.4, 0.5) is 34.1 Å². The van der Waals surface area contributed by atoms with Gasteiger partial charge in [0, 0.05) is 34.0 Å². The van der Waals surface area contributed by atoms with E-state index in [9.17, 15) is 0 Å². The van der Waals surface area contributed by atoms with Crippen LogP contribution in [0, 0.1) is 0 Å². The minimum Gasteiger partial charge on any atom is -0.311 e. The molecule has 0 aliphatic carbocycles. The second kappa shape index (κ2) is 18.1. The maximum absolute atomic E-state index is 3.99. The van der Waals surface area contributed by atoms with Crippen molar-refractivity contribution in [3.63, 3.8) is 0 Å². The van der Waals surface area contributed by atoms with E-state index in [1.807, 2.05) is 30.4 Å². The van der Waals surface area contributed by atoms with Crippen LogP contribution in [0.3, 0.4) is 0 Å². The summed E-state index contributed by atoms with van der Waals surface area (Å²) in [4.78, 5) is 4.61. The number of rotatable bonds is 14. The van der Waals surface area contributed by atoms with Crippen LogP contribution in [0.5, 0.6) is 0 Å². The quantitative estimate of drug-likeness (QED) is 0.103. The zero-order valence-electron chi connectivity index (χ0n) is 31.5. The van der Waals surface area contributed by atoms with Crippen LogP contribution < -0.4 is 9.80 Å². The van der Waals surface area contributed by atoms with E-state index in [2.05, 4.69) is 218 Å². The first-order chi connectivity index (χ1) is 27.7. The molecule has 0 radical (unpaired) electrons. The van der Waals surface area contributed by atoms with E-state index < -0.39 is 0 Å². The third-order valence-corrected chi connectivity index (χ3v) is 9.60. The number of hydrogen-bond acceptors (Lipinski definition) is 2. The van der Waals surface area contributed by atoms with E-state index in [4.69, 9.17) is 0 Å². The van der Waals surface area contributed by atoms with Crippen molar-refractivity contribution in [2.24, 2.45) is 0 Å². The van der Waals surface area contributed by atoms with Crippen LogP contribution in [-0.4, -0.2) is 0 Å². The van der Waals surface area contributed by atoms with Gasteiger partial charge >= 0.3 is 0 Å². The second-order valence-electron chi connectivity index (χ2n) is 13.2. The molecule has 0 unspecified atom stereocenters. The van der Waals surface area contributed by atoms with Crippen LogP contribution in [0.2, 0.25) is 0 Å². The zero-order chi connectivity index (χ0) is 38.5. The molecule has 0 aliphatic rings. The number of benzene rings is 7. The van der Waals surface area contributed by atoms with Crippen molar-refractivity contribution in [2.45, 2.75) is 0 Å². The molecule has 7 aromatic carbocycles. The van der Waals surface area contributed by atoms with Gasteiger partial charge in [0.2, 0.25) is 0 Å². The molecule has 0 heterocycles. The molecule has 0 spiro atoms. The van der Waals surface area contributed by atoms with Gasteiger partial charge in [-0.15, -0.1) is 0 Å². The standard InChI is InChI=1S/C54H44N2/c1-4-7-8-11-19-42-26-36-50(37-27-42)55(48-20-12-9-13-21-48)51-38-34-46(35-39-51)45-28-30-47(31-29-45)53-24-16-17-25-54(53)56(49-22-14-10-15-23-49)52-40-32-44(33-41-52)43(6-3)18-5-2/h4-41H,1-3H2/b8-7-,19-11+,43-18+. The average molecular weight is 721 g/mol. The second-order valence-corrected chi connectivity index (χ2v) is 13.2. The Morgan fingerprint density at radius 2 is 0.875 bits per heavy atom. The van der Waals surface area contributed by atoms with Gasteiger partial charge in [0.1, 0.15) is 0 Å². The maximum atomic E-state index is 3.99. The Labute approximate surface area is 332 Å². The van der Waals surface area contributed by atoms with Crippen molar-refractivity contribution in [3.05, 3.63) is 255 Å². The Hall–Kier alpha value is -7.42. The summed E-state index contributed by atoms with van der Waals surface area (Å²) >= 11 is 0. The molecule has 0 saturated carbocycles. The molecule has 0 aromatic heterocycles. The fourth-order valence-electron chi connectivity index (χ4n) is 6.84. The zero-order valence-corrected chi connectivity index (χ0v) is 31.5. The first kappa shape index (κ1) is 36.9. The van der Waals surface area contributed by atoms with E-state index >= 15 is 0 Å². The van der Waals surface area contributed by atoms with E-state index in [-0.39, 0.29) is 0 Å². The molecule has 0 amide bonds. The van der Waals surface area contributed by atoms with Crippen LogP contribution in [0.25, 0.3) is 33.9 Å². The number of hydrogen-bond donors (Lipinski definition) is 0. The Bertz CT molecular complexity index is 2470. The van der Waals surface area contributed by atoms with E-state index in [0.29, 0.717) is 0 Å². The van der Waals surface area contributed by atoms with E-state index in [0.717, 1.165) is 73.1 Å². The van der Waals surface area contributed by atoms with Gasteiger partial charge in [-0.25, -0.2) is 0 Å². The van der Waals surface area contributed by atoms with Crippen LogP contribution >= 0.6 is 0 Å². The Morgan fingerprint density at radius 3 is 1.46 bits per heavy atom. The molecule has 2 nitrogen and oxygen atoms in total. The molecule has 7 rings (SSSR count). The van der Waals surface area contributed by atoms with Gasteiger partial charge in [0.25, 0.3) is 0 Å². The topological polar surface area (TPSA) is 6.48 Å². The number of allylic oxidation sites excluding steroid dienone is 8. The monoisotopic (exact) mass is 720 g/mol. The van der Waals surface area contributed by atoms with Crippen molar-refractivity contribution < 1.29 is 0 Å². The molecule has 0 bridgehead atoms. The van der Waals surface area contributed by atoms with Gasteiger partial charge in [-0.05, 0) is 100 Å². The number of para-hydroxylation sites is 3. The van der Waals surface area contributed by atoms with Gasteiger partial charge < -0.3 is 9.80 Å². The lowest BCUT2D eigenvalue weighted by Gasteiger charge is -2.28.